The molecule has 10 heteroatoms. The van der Waals surface area contributed by atoms with Crippen LogP contribution in [0.25, 0.3) is 11.2 Å². The maximum atomic E-state index is 12.6. The maximum Gasteiger partial charge on any atom is 0.427 e. The molecule has 2 aromatic heterocycles. The number of imide groups is 1. The number of hydrogen-bond acceptors (Lipinski definition) is 8. The molecule has 0 aliphatic carbocycles. The van der Waals surface area contributed by atoms with Gasteiger partial charge in [0.1, 0.15) is 23.0 Å². The van der Waals surface area contributed by atoms with Gasteiger partial charge in [-0.2, -0.15) is 9.97 Å². The van der Waals surface area contributed by atoms with Gasteiger partial charge in [0.2, 0.25) is 11.8 Å². The molecule has 142 valence electrons. The number of H-pyrrole nitrogens is 1. The third kappa shape index (κ3) is 4.58. The second-order valence-electron chi connectivity index (χ2n) is 7.44. The lowest BCUT2D eigenvalue weighted by Crippen LogP contribution is -2.44. The van der Waals surface area contributed by atoms with E-state index in [1.807, 2.05) is 0 Å². The van der Waals surface area contributed by atoms with E-state index in [2.05, 4.69) is 19.9 Å². The van der Waals surface area contributed by atoms with Crippen LogP contribution in [0.1, 0.15) is 41.5 Å². The zero-order valence-electron chi connectivity index (χ0n) is 15.9. The second-order valence-corrected chi connectivity index (χ2v) is 7.44. The molecule has 0 bridgehead atoms. The Bertz CT molecular complexity index is 791. The highest BCUT2D eigenvalue weighted by atomic mass is 16.6. The van der Waals surface area contributed by atoms with E-state index in [4.69, 9.17) is 14.2 Å². The van der Waals surface area contributed by atoms with Crippen LogP contribution in [0.4, 0.5) is 15.5 Å². The van der Waals surface area contributed by atoms with Crippen molar-refractivity contribution in [2.75, 3.05) is 12.0 Å². The SMILES string of the molecule is COc1ncnc2nc(N(C(=O)OC(C)(C)C)C(=O)OC(C)(C)C)[nH]c12. The Morgan fingerprint density at radius 1 is 1.00 bits per heavy atom. The summed E-state index contributed by atoms with van der Waals surface area (Å²) < 4.78 is 15.7. The molecule has 2 aromatic rings. The molecule has 26 heavy (non-hydrogen) atoms. The Hall–Kier alpha value is -2.91. The molecule has 10 nitrogen and oxygen atoms in total. The van der Waals surface area contributed by atoms with Crippen LogP contribution in [0.3, 0.4) is 0 Å². The molecule has 0 aromatic carbocycles. The molecule has 2 rings (SSSR count). The van der Waals surface area contributed by atoms with E-state index in [1.54, 1.807) is 41.5 Å². The summed E-state index contributed by atoms with van der Waals surface area (Å²) >= 11 is 0. The van der Waals surface area contributed by atoms with Crippen molar-refractivity contribution in [1.29, 1.82) is 0 Å². The smallest absolute Gasteiger partial charge is 0.427 e. The van der Waals surface area contributed by atoms with Crippen molar-refractivity contribution in [3.63, 3.8) is 0 Å². The largest absolute Gasteiger partial charge is 0.479 e. The van der Waals surface area contributed by atoms with E-state index in [0.717, 1.165) is 0 Å². The van der Waals surface area contributed by atoms with Gasteiger partial charge in [0.25, 0.3) is 0 Å². The van der Waals surface area contributed by atoms with Crippen LogP contribution in [0.2, 0.25) is 0 Å². The van der Waals surface area contributed by atoms with Gasteiger partial charge < -0.3 is 19.2 Å². The van der Waals surface area contributed by atoms with Crippen LogP contribution < -0.4 is 9.64 Å². The number of carbonyl (C=O) groups excluding carboxylic acids is 2. The first-order valence-electron chi connectivity index (χ1n) is 7.92. The molecule has 0 aliphatic rings. The Labute approximate surface area is 150 Å². The van der Waals surface area contributed by atoms with E-state index in [1.165, 1.54) is 13.4 Å². The number of nitrogens with one attached hydrogen (secondary N) is 1. The summed E-state index contributed by atoms with van der Waals surface area (Å²) in [4.78, 5) is 40.8. The Balaban J connectivity index is 2.49. The van der Waals surface area contributed by atoms with Gasteiger partial charge in [0, 0.05) is 0 Å². The molecule has 2 amide bonds. The fourth-order valence-corrected chi connectivity index (χ4v) is 1.92. The Kier molecular flexibility index (Phi) is 5.06. The third-order valence-electron chi connectivity index (χ3n) is 2.80. The van der Waals surface area contributed by atoms with E-state index >= 15 is 0 Å². The molecule has 0 atom stereocenters. The monoisotopic (exact) mass is 365 g/mol. The van der Waals surface area contributed by atoms with Gasteiger partial charge in [-0.05, 0) is 41.5 Å². The quantitative estimate of drug-likeness (QED) is 0.862. The number of amides is 2. The Morgan fingerprint density at radius 3 is 2.00 bits per heavy atom. The zero-order valence-corrected chi connectivity index (χ0v) is 15.9. The summed E-state index contributed by atoms with van der Waals surface area (Å²) in [6.45, 7) is 10.1. The zero-order chi connectivity index (χ0) is 19.7. The van der Waals surface area contributed by atoms with Crippen LogP contribution in [-0.2, 0) is 9.47 Å². The average Bonchev–Trinajstić information content (AvgIpc) is 2.86. The number of fused-ring (bicyclic) bond motifs is 1. The van der Waals surface area contributed by atoms with Crippen molar-refractivity contribution in [3.05, 3.63) is 6.33 Å². The van der Waals surface area contributed by atoms with Crippen LogP contribution >= 0.6 is 0 Å². The normalized spacial score (nSPS) is 12.0. The lowest BCUT2D eigenvalue weighted by atomic mass is 10.2. The fraction of sp³-hybridized carbons (Fsp3) is 0.562. The summed E-state index contributed by atoms with van der Waals surface area (Å²) in [5.74, 6) is 0.115. The van der Waals surface area contributed by atoms with Crippen molar-refractivity contribution in [3.8, 4) is 5.88 Å². The summed E-state index contributed by atoms with van der Waals surface area (Å²) in [5.41, 5.74) is -1.08. The summed E-state index contributed by atoms with van der Waals surface area (Å²) in [7, 11) is 1.43. The minimum Gasteiger partial charge on any atom is -0.479 e. The van der Waals surface area contributed by atoms with Crippen molar-refractivity contribution in [2.24, 2.45) is 0 Å². The number of rotatable bonds is 2. The highest BCUT2D eigenvalue weighted by Gasteiger charge is 2.35. The average molecular weight is 365 g/mol. The molecule has 0 saturated heterocycles. The first-order valence-corrected chi connectivity index (χ1v) is 7.92. The molecule has 1 N–H and O–H groups in total. The highest BCUT2D eigenvalue weighted by molar-refractivity contribution is 6.08. The number of methoxy groups -OCH3 is 1. The van der Waals surface area contributed by atoms with Crippen LogP contribution in [-0.4, -0.2) is 50.4 Å². The molecular formula is C16H23N5O5. The molecule has 0 unspecified atom stereocenters. The van der Waals surface area contributed by atoms with Gasteiger partial charge >= 0.3 is 12.2 Å². The molecule has 0 spiro atoms. The predicted octanol–water partition coefficient (Wildman–Crippen LogP) is 3.04. The van der Waals surface area contributed by atoms with E-state index < -0.39 is 23.4 Å². The van der Waals surface area contributed by atoms with E-state index in [0.29, 0.717) is 10.4 Å². The lowest BCUT2D eigenvalue weighted by molar-refractivity contribution is 0.0427. The maximum absolute atomic E-state index is 12.6. The number of ether oxygens (including phenoxy) is 3. The van der Waals surface area contributed by atoms with Gasteiger partial charge in [0.05, 0.1) is 7.11 Å². The summed E-state index contributed by atoms with van der Waals surface area (Å²) in [6.07, 6.45) is -0.604. The second kappa shape index (κ2) is 6.77. The topological polar surface area (TPSA) is 120 Å². The van der Waals surface area contributed by atoms with Crippen LogP contribution in [0.5, 0.6) is 5.88 Å². The number of aromatic amines is 1. The van der Waals surface area contributed by atoms with Crippen molar-refractivity contribution in [1.82, 2.24) is 19.9 Å². The number of anilines is 1. The fourth-order valence-electron chi connectivity index (χ4n) is 1.92. The molecule has 0 saturated carbocycles. The van der Waals surface area contributed by atoms with E-state index in [9.17, 15) is 9.59 Å². The van der Waals surface area contributed by atoms with Gasteiger partial charge in [-0.15, -0.1) is 4.90 Å². The number of hydrogen-bond donors (Lipinski definition) is 1. The Morgan fingerprint density at radius 2 is 1.54 bits per heavy atom. The minimum absolute atomic E-state index is 0.109. The molecular weight excluding hydrogens is 342 g/mol. The summed E-state index contributed by atoms with van der Waals surface area (Å²) in [6, 6.07) is 0. The number of carbonyl (C=O) groups is 2. The third-order valence-corrected chi connectivity index (χ3v) is 2.80. The highest BCUT2D eigenvalue weighted by Crippen LogP contribution is 2.25. The van der Waals surface area contributed by atoms with E-state index in [-0.39, 0.29) is 17.5 Å². The molecule has 2 heterocycles. The van der Waals surface area contributed by atoms with Crippen molar-refractivity contribution < 1.29 is 23.8 Å². The molecule has 0 radical (unpaired) electrons. The number of imidazole rings is 1. The molecule has 0 aliphatic heterocycles. The van der Waals surface area contributed by atoms with Gasteiger partial charge in [-0.1, -0.05) is 0 Å². The van der Waals surface area contributed by atoms with Crippen LogP contribution in [0.15, 0.2) is 6.33 Å². The standard InChI is InChI=1S/C16H23N5O5/c1-15(2,3)25-13(22)21(14(23)26-16(4,5)6)12-19-9-10(20-12)17-8-18-11(9)24-7/h8H,1-7H3,(H,17,18,19,20). The van der Waals surface area contributed by atoms with Gasteiger partial charge in [0.15, 0.2) is 5.65 Å². The number of nitrogens with zero attached hydrogens (tertiary/aromatic N) is 4. The van der Waals surface area contributed by atoms with Crippen LogP contribution in [0, 0.1) is 0 Å². The van der Waals surface area contributed by atoms with Crippen molar-refractivity contribution >= 4 is 29.3 Å². The number of aromatic nitrogens is 4. The predicted molar refractivity (Wildman–Crippen MR) is 93.2 cm³/mol. The van der Waals surface area contributed by atoms with Gasteiger partial charge in [-0.25, -0.2) is 14.6 Å². The molecule has 0 fully saturated rings. The lowest BCUT2D eigenvalue weighted by Gasteiger charge is -2.27. The van der Waals surface area contributed by atoms with Gasteiger partial charge in [-0.3, -0.25) is 0 Å². The summed E-state index contributed by atoms with van der Waals surface area (Å²) in [5, 5.41) is 0. The first kappa shape index (κ1) is 19.4. The van der Waals surface area contributed by atoms with Crippen molar-refractivity contribution in [2.45, 2.75) is 52.7 Å². The first-order chi connectivity index (χ1) is 11.9. The minimum atomic E-state index is -0.933.